The molecular formula is C29H39FN4O4. The summed E-state index contributed by atoms with van der Waals surface area (Å²) in [5, 5.41) is 5.12. The highest BCUT2D eigenvalue weighted by Crippen LogP contribution is 2.31. The minimum atomic E-state index is -0.352. The second-order valence-electron chi connectivity index (χ2n) is 10.3. The lowest BCUT2D eigenvalue weighted by atomic mass is 9.93. The van der Waals surface area contributed by atoms with Crippen LogP contribution < -0.4 is 5.56 Å². The third kappa shape index (κ3) is 6.67. The van der Waals surface area contributed by atoms with E-state index >= 15 is 0 Å². The first-order chi connectivity index (χ1) is 18.4. The van der Waals surface area contributed by atoms with Gasteiger partial charge in [0.15, 0.2) is 5.58 Å². The fraction of sp³-hybridized carbons (Fsp3) is 0.586. The van der Waals surface area contributed by atoms with Crippen LogP contribution in [0.15, 0.2) is 27.5 Å². The molecule has 0 saturated heterocycles. The molecule has 0 amide bonds. The SMILES string of the molecule is CCCC(=O)OCN(CCc1c(C)nc2n(c1=O)CCCC2)CCC(CCC)c1noc2cc(F)ccc12. The molecule has 2 aromatic heterocycles. The van der Waals surface area contributed by atoms with Crippen molar-refractivity contribution < 1.29 is 18.4 Å². The monoisotopic (exact) mass is 526 g/mol. The molecular weight excluding hydrogens is 487 g/mol. The van der Waals surface area contributed by atoms with Gasteiger partial charge in [-0.05, 0) is 57.6 Å². The summed E-state index contributed by atoms with van der Waals surface area (Å²) < 4.78 is 26.5. The lowest BCUT2D eigenvalue weighted by Crippen LogP contribution is -2.36. The van der Waals surface area contributed by atoms with Gasteiger partial charge in [0.25, 0.3) is 5.56 Å². The maximum absolute atomic E-state index is 13.7. The van der Waals surface area contributed by atoms with Crippen molar-refractivity contribution in [3.8, 4) is 0 Å². The Bertz CT molecular complexity index is 1300. The van der Waals surface area contributed by atoms with E-state index in [-0.39, 0.29) is 30.0 Å². The number of rotatable bonds is 13. The fourth-order valence-electron chi connectivity index (χ4n) is 5.30. The van der Waals surface area contributed by atoms with Crippen molar-refractivity contribution >= 4 is 16.9 Å². The smallest absolute Gasteiger partial charge is 0.307 e. The Morgan fingerprint density at radius 1 is 1.21 bits per heavy atom. The van der Waals surface area contributed by atoms with Crippen molar-refractivity contribution in [3.63, 3.8) is 0 Å². The van der Waals surface area contributed by atoms with E-state index in [1.807, 2.05) is 18.4 Å². The highest BCUT2D eigenvalue weighted by atomic mass is 19.1. The average Bonchev–Trinajstić information content (AvgIpc) is 3.31. The van der Waals surface area contributed by atoms with E-state index in [9.17, 15) is 14.0 Å². The van der Waals surface area contributed by atoms with Gasteiger partial charge in [0.2, 0.25) is 0 Å². The summed E-state index contributed by atoms with van der Waals surface area (Å²) in [6.45, 7) is 8.09. The van der Waals surface area contributed by atoms with Crippen LogP contribution in [-0.4, -0.2) is 45.4 Å². The molecule has 3 aromatic rings. The number of benzene rings is 1. The topological polar surface area (TPSA) is 90.5 Å². The summed E-state index contributed by atoms with van der Waals surface area (Å²) >= 11 is 0. The number of hydrogen-bond acceptors (Lipinski definition) is 7. The number of halogens is 1. The Kier molecular flexibility index (Phi) is 9.66. The van der Waals surface area contributed by atoms with E-state index in [1.54, 1.807) is 6.07 Å². The van der Waals surface area contributed by atoms with Crippen LogP contribution in [0.2, 0.25) is 0 Å². The molecule has 0 saturated carbocycles. The summed E-state index contributed by atoms with van der Waals surface area (Å²) in [4.78, 5) is 32.2. The molecule has 8 nitrogen and oxygen atoms in total. The zero-order valence-electron chi connectivity index (χ0n) is 22.8. The Morgan fingerprint density at radius 3 is 2.84 bits per heavy atom. The van der Waals surface area contributed by atoms with Crippen molar-refractivity contribution in [1.29, 1.82) is 0 Å². The van der Waals surface area contributed by atoms with Gasteiger partial charge in [-0.3, -0.25) is 19.1 Å². The normalized spacial score (nSPS) is 14.1. The minimum absolute atomic E-state index is 0.0558. The zero-order valence-corrected chi connectivity index (χ0v) is 22.8. The first kappa shape index (κ1) is 28.0. The zero-order chi connectivity index (χ0) is 27.1. The van der Waals surface area contributed by atoms with Crippen LogP contribution in [-0.2, 0) is 28.9 Å². The third-order valence-electron chi connectivity index (χ3n) is 7.40. The van der Waals surface area contributed by atoms with E-state index in [1.165, 1.54) is 12.1 Å². The number of hydrogen-bond donors (Lipinski definition) is 0. The summed E-state index contributed by atoms with van der Waals surface area (Å²) in [6.07, 6.45) is 7.18. The molecule has 1 unspecified atom stereocenters. The van der Waals surface area contributed by atoms with Gasteiger partial charge >= 0.3 is 5.97 Å². The van der Waals surface area contributed by atoms with Gasteiger partial charge in [-0.2, -0.15) is 0 Å². The molecule has 9 heteroatoms. The van der Waals surface area contributed by atoms with Gasteiger partial charge in [0.1, 0.15) is 18.4 Å². The number of carbonyl (C=O) groups excluding carboxylic acids is 1. The molecule has 1 aliphatic heterocycles. The number of ether oxygens (including phenoxy) is 1. The van der Waals surface area contributed by atoms with Crippen LogP contribution in [0.3, 0.4) is 0 Å². The molecule has 0 N–H and O–H groups in total. The number of aryl methyl sites for hydroxylation is 2. The number of aromatic nitrogens is 3. The van der Waals surface area contributed by atoms with Crippen LogP contribution in [0.5, 0.6) is 0 Å². The van der Waals surface area contributed by atoms with Crippen LogP contribution in [0.1, 0.15) is 87.5 Å². The fourth-order valence-corrected chi connectivity index (χ4v) is 5.30. The van der Waals surface area contributed by atoms with Gasteiger partial charge in [-0.15, -0.1) is 0 Å². The Balaban J connectivity index is 1.49. The number of fused-ring (bicyclic) bond motifs is 2. The molecule has 3 heterocycles. The molecule has 1 aromatic carbocycles. The molecule has 0 bridgehead atoms. The Hall–Kier alpha value is -3.07. The summed E-state index contributed by atoms with van der Waals surface area (Å²) in [6, 6.07) is 4.52. The summed E-state index contributed by atoms with van der Waals surface area (Å²) in [5.74, 6) is 0.419. The molecule has 0 spiro atoms. The van der Waals surface area contributed by atoms with E-state index in [2.05, 4.69) is 17.0 Å². The molecule has 0 aliphatic carbocycles. The van der Waals surface area contributed by atoms with Crippen molar-refractivity contribution in [3.05, 3.63) is 57.1 Å². The molecule has 38 heavy (non-hydrogen) atoms. The van der Waals surface area contributed by atoms with E-state index in [0.717, 1.165) is 79.7 Å². The van der Waals surface area contributed by atoms with Crippen LogP contribution in [0, 0.1) is 12.7 Å². The first-order valence-electron chi connectivity index (χ1n) is 13.9. The van der Waals surface area contributed by atoms with E-state index in [0.29, 0.717) is 31.5 Å². The van der Waals surface area contributed by atoms with Gasteiger partial charge in [-0.25, -0.2) is 9.37 Å². The minimum Gasteiger partial charge on any atom is -0.449 e. The number of nitrogens with zero attached hydrogens (tertiary/aromatic N) is 4. The van der Waals surface area contributed by atoms with Gasteiger partial charge in [-0.1, -0.05) is 25.4 Å². The van der Waals surface area contributed by atoms with Crippen molar-refractivity contribution in [1.82, 2.24) is 19.6 Å². The molecule has 1 atom stereocenters. The van der Waals surface area contributed by atoms with Gasteiger partial charge < -0.3 is 9.26 Å². The van der Waals surface area contributed by atoms with E-state index in [4.69, 9.17) is 14.2 Å². The predicted molar refractivity (Wildman–Crippen MR) is 144 cm³/mol. The quantitative estimate of drug-likeness (QED) is 0.221. The third-order valence-corrected chi connectivity index (χ3v) is 7.40. The highest BCUT2D eigenvalue weighted by Gasteiger charge is 2.22. The second kappa shape index (κ2) is 13.1. The maximum Gasteiger partial charge on any atom is 0.307 e. The largest absolute Gasteiger partial charge is 0.449 e. The van der Waals surface area contributed by atoms with Crippen molar-refractivity contribution in [2.45, 2.75) is 91.0 Å². The standard InChI is InChI=1S/C29H39FN4O4/c1-4-8-21(28-24-12-11-22(30)18-25(24)38-32-28)13-16-33(19-37-27(35)9-5-2)17-14-23-20(3)31-26-10-6-7-15-34(26)29(23)36/h11-12,18,21H,4-10,13-17,19H2,1-3H3. The predicted octanol–water partition coefficient (Wildman–Crippen LogP) is 5.29. The molecule has 0 radical (unpaired) electrons. The number of carbonyl (C=O) groups is 1. The highest BCUT2D eigenvalue weighted by molar-refractivity contribution is 5.79. The second-order valence-corrected chi connectivity index (χ2v) is 10.3. The van der Waals surface area contributed by atoms with Crippen LogP contribution in [0.25, 0.3) is 11.0 Å². The Labute approximate surface area is 223 Å². The maximum atomic E-state index is 13.7. The molecule has 1 aliphatic rings. The number of esters is 1. The first-order valence-corrected chi connectivity index (χ1v) is 13.9. The lowest BCUT2D eigenvalue weighted by molar-refractivity contribution is -0.148. The summed E-state index contributed by atoms with van der Waals surface area (Å²) in [7, 11) is 0. The van der Waals surface area contributed by atoms with Crippen molar-refractivity contribution in [2.24, 2.45) is 0 Å². The Morgan fingerprint density at radius 2 is 2.05 bits per heavy atom. The van der Waals surface area contributed by atoms with Crippen LogP contribution >= 0.6 is 0 Å². The van der Waals surface area contributed by atoms with Gasteiger partial charge in [0, 0.05) is 61.1 Å². The molecule has 4 rings (SSSR count). The molecule has 0 fully saturated rings. The average molecular weight is 527 g/mol. The summed E-state index contributed by atoms with van der Waals surface area (Å²) in [5.41, 5.74) is 2.85. The lowest BCUT2D eigenvalue weighted by Gasteiger charge is -2.25. The van der Waals surface area contributed by atoms with E-state index < -0.39 is 0 Å². The van der Waals surface area contributed by atoms with Crippen LogP contribution in [0.4, 0.5) is 4.39 Å². The van der Waals surface area contributed by atoms with Gasteiger partial charge in [0.05, 0.1) is 5.69 Å². The molecule has 206 valence electrons. The van der Waals surface area contributed by atoms with Crippen molar-refractivity contribution in [2.75, 3.05) is 19.8 Å².